The molecule has 0 fully saturated rings. The molecule has 2 aromatic rings. The molecule has 2 nitrogen and oxygen atoms in total. The summed E-state index contributed by atoms with van der Waals surface area (Å²) >= 11 is 3.70. The summed E-state index contributed by atoms with van der Waals surface area (Å²) in [5.74, 6) is 1.53. The third-order valence-electron chi connectivity index (χ3n) is 7.20. The minimum atomic E-state index is 0.131. The van der Waals surface area contributed by atoms with Gasteiger partial charge in [-0.2, -0.15) is 0 Å². The van der Waals surface area contributed by atoms with Gasteiger partial charge in [0.05, 0.1) is 6.21 Å². The van der Waals surface area contributed by atoms with E-state index in [0.717, 1.165) is 16.7 Å². The fourth-order valence-electron chi connectivity index (χ4n) is 5.46. The van der Waals surface area contributed by atoms with Crippen molar-refractivity contribution in [2.75, 3.05) is 0 Å². The van der Waals surface area contributed by atoms with Crippen LogP contribution in [0.15, 0.2) is 22.7 Å². The van der Waals surface area contributed by atoms with Gasteiger partial charge < -0.3 is 5.21 Å². The van der Waals surface area contributed by atoms with Crippen molar-refractivity contribution in [1.82, 2.24) is 0 Å². The lowest BCUT2D eigenvalue weighted by atomic mass is 9.66. The van der Waals surface area contributed by atoms with Crippen LogP contribution in [-0.2, 0) is 5.41 Å². The molecule has 0 aromatic carbocycles. The first kappa shape index (κ1) is 23.5. The van der Waals surface area contributed by atoms with Crippen LogP contribution in [-0.4, -0.2) is 11.4 Å². The molecule has 2 unspecified atom stereocenters. The lowest BCUT2D eigenvalue weighted by molar-refractivity contribution is 0.266. The van der Waals surface area contributed by atoms with E-state index in [1.54, 1.807) is 23.1 Å². The van der Waals surface area contributed by atoms with E-state index in [2.05, 4.69) is 50.4 Å². The molecule has 166 valence electrons. The molecule has 0 saturated heterocycles. The summed E-state index contributed by atoms with van der Waals surface area (Å²) in [4.78, 5) is 3.99. The monoisotopic (exact) mass is 445 g/mol. The van der Waals surface area contributed by atoms with E-state index in [4.69, 9.17) is 5.21 Å². The van der Waals surface area contributed by atoms with E-state index in [1.807, 2.05) is 11.3 Å². The van der Waals surface area contributed by atoms with E-state index in [1.165, 1.54) is 79.5 Å². The normalized spacial score (nSPS) is 19.9. The molecule has 3 rings (SSSR count). The SMILES string of the molecule is CCCCC(CC)CC1(CC(CC)CCCC)c2ccsc2-c2sc(/C=N/O)cc21. The molecule has 1 N–H and O–H groups in total. The predicted molar refractivity (Wildman–Crippen MR) is 134 cm³/mol. The first-order chi connectivity index (χ1) is 14.6. The molecule has 2 atom stereocenters. The maximum atomic E-state index is 9.14. The third-order valence-corrected chi connectivity index (χ3v) is 9.35. The van der Waals surface area contributed by atoms with Crippen LogP contribution in [0.4, 0.5) is 0 Å². The Balaban J connectivity index is 2.07. The van der Waals surface area contributed by atoms with E-state index >= 15 is 0 Å². The largest absolute Gasteiger partial charge is 0.411 e. The highest BCUT2D eigenvalue weighted by Crippen LogP contribution is 2.60. The molecular formula is C26H39NOS2. The number of thiophene rings is 2. The fourth-order valence-corrected chi connectivity index (χ4v) is 7.75. The van der Waals surface area contributed by atoms with Gasteiger partial charge in [-0.15, -0.1) is 22.7 Å². The maximum absolute atomic E-state index is 9.14. The summed E-state index contributed by atoms with van der Waals surface area (Å²) < 4.78 is 0. The Labute approximate surface area is 191 Å². The Morgan fingerprint density at radius 1 is 0.967 bits per heavy atom. The molecule has 1 aliphatic rings. The topological polar surface area (TPSA) is 32.6 Å². The first-order valence-electron chi connectivity index (χ1n) is 12.0. The number of hydrogen-bond donors (Lipinski definition) is 1. The van der Waals surface area contributed by atoms with Gasteiger partial charge in [-0.3, -0.25) is 0 Å². The van der Waals surface area contributed by atoms with Crippen molar-refractivity contribution in [3.8, 4) is 9.75 Å². The number of nitrogens with zero attached hydrogens (tertiary/aromatic N) is 1. The highest BCUT2D eigenvalue weighted by molar-refractivity contribution is 7.22. The summed E-state index contributed by atoms with van der Waals surface area (Å²) in [5.41, 5.74) is 3.24. The Bertz CT molecular complexity index is 801. The second-order valence-corrected chi connectivity index (χ2v) is 11.1. The van der Waals surface area contributed by atoms with Gasteiger partial charge in [-0.1, -0.05) is 84.2 Å². The van der Waals surface area contributed by atoms with Crippen LogP contribution in [0.3, 0.4) is 0 Å². The van der Waals surface area contributed by atoms with Crippen molar-refractivity contribution in [3.05, 3.63) is 33.5 Å². The molecular weight excluding hydrogens is 406 g/mol. The highest BCUT2D eigenvalue weighted by atomic mass is 32.1. The Hall–Kier alpha value is -1.13. The smallest absolute Gasteiger partial charge is 0.0833 e. The van der Waals surface area contributed by atoms with Crippen LogP contribution in [0.2, 0.25) is 0 Å². The first-order valence-corrected chi connectivity index (χ1v) is 13.7. The number of unbranched alkanes of at least 4 members (excludes halogenated alkanes) is 2. The number of fused-ring (bicyclic) bond motifs is 3. The summed E-state index contributed by atoms with van der Waals surface area (Å²) in [6.07, 6.45) is 14.6. The lowest BCUT2D eigenvalue weighted by Crippen LogP contribution is -2.31. The van der Waals surface area contributed by atoms with Crippen LogP contribution in [0.25, 0.3) is 9.75 Å². The van der Waals surface area contributed by atoms with Crippen LogP contribution in [0, 0.1) is 11.8 Å². The Morgan fingerprint density at radius 2 is 1.60 bits per heavy atom. The molecule has 4 heteroatoms. The molecule has 2 heterocycles. The molecule has 0 saturated carbocycles. The zero-order valence-corrected chi connectivity index (χ0v) is 20.9. The summed E-state index contributed by atoms with van der Waals surface area (Å²) in [7, 11) is 0. The molecule has 0 radical (unpaired) electrons. The predicted octanol–water partition coefficient (Wildman–Crippen LogP) is 9.10. The number of hydrogen-bond acceptors (Lipinski definition) is 4. The molecule has 0 spiro atoms. The van der Waals surface area contributed by atoms with Gasteiger partial charge in [-0.05, 0) is 53.3 Å². The fraction of sp³-hybridized carbons (Fsp3) is 0.654. The van der Waals surface area contributed by atoms with Crippen molar-refractivity contribution in [3.63, 3.8) is 0 Å². The Kier molecular flexibility index (Phi) is 8.59. The minimum Gasteiger partial charge on any atom is -0.411 e. The van der Waals surface area contributed by atoms with E-state index in [9.17, 15) is 0 Å². The second-order valence-electron chi connectivity index (χ2n) is 9.12. The van der Waals surface area contributed by atoms with E-state index in [0.29, 0.717) is 0 Å². The van der Waals surface area contributed by atoms with Crippen LogP contribution < -0.4 is 0 Å². The van der Waals surface area contributed by atoms with Gasteiger partial charge in [0, 0.05) is 20.0 Å². The summed E-state index contributed by atoms with van der Waals surface area (Å²) in [5, 5.41) is 14.8. The van der Waals surface area contributed by atoms with Gasteiger partial charge in [0.2, 0.25) is 0 Å². The standard InChI is InChI=1S/C26H39NOS2/c1-5-9-11-19(7-3)16-26(17-20(8-4)12-10-6-2)22-13-14-29-24(22)25-23(26)15-21(30-25)18-27-28/h13-15,18-20,28H,5-12,16-17H2,1-4H3/b27-18+. The molecule has 0 amide bonds. The van der Waals surface area contributed by atoms with E-state index in [-0.39, 0.29) is 5.41 Å². The number of rotatable bonds is 13. The second kappa shape index (κ2) is 10.9. The minimum absolute atomic E-state index is 0.131. The lowest BCUT2D eigenvalue weighted by Gasteiger charge is -2.37. The van der Waals surface area contributed by atoms with Gasteiger partial charge >= 0.3 is 0 Å². The summed E-state index contributed by atoms with van der Waals surface area (Å²) in [6.45, 7) is 9.38. The van der Waals surface area contributed by atoms with Gasteiger partial charge in [0.25, 0.3) is 0 Å². The molecule has 0 bridgehead atoms. The third kappa shape index (κ3) is 4.70. The van der Waals surface area contributed by atoms with Crippen LogP contribution in [0.5, 0.6) is 0 Å². The maximum Gasteiger partial charge on any atom is 0.0833 e. The molecule has 0 aliphatic heterocycles. The van der Waals surface area contributed by atoms with Crippen molar-refractivity contribution >= 4 is 28.9 Å². The van der Waals surface area contributed by atoms with Crippen molar-refractivity contribution < 1.29 is 5.21 Å². The quantitative estimate of drug-likeness (QED) is 0.186. The Morgan fingerprint density at radius 3 is 2.13 bits per heavy atom. The average molecular weight is 446 g/mol. The van der Waals surface area contributed by atoms with Crippen molar-refractivity contribution in [2.24, 2.45) is 17.0 Å². The average Bonchev–Trinajstić information content (AvgIpc) is 3.44. The van der Waals surface area contributed by atoms with Gasteiger partial charge in [0.15, 0.2) is 0 Å². The number of oxime groups is 1. The molecule has 2 aromatic heterocycles. The van der Waals surface area contributed by atoms with Crippen LogP contribution >= 0.6 is 22.7 Å². The van der Waals surface area contributed by atoms with Crippen molar-refractivity contribution in [1.29, 1.82) is 0 Å². The summed E-state index contributed by atoms with van der Waals surface area (Å²) in [6, 6.07) is 4.76. The van der Waals surface area contributed by atoms with Crippen LogP contribution in [0.1, 0.15) is 108 Å². The zero-order valence-electron chi connectivity index (χ0n) is 19.2. The van der Waals surface area contributed by atoms with Gasteiger partial charge in [0.1, 0.15) is 0 Å². The van der Waals surface area contributed by atoms with Gasteiger partial charge in [-0.25, -0.2) is 0 Å². The molecule has 30 heavy (non-hydrogen) atoms. The van der Waals surface area contributed by atoms with E-state index < -0.39 is 0 Å². The molecule has 1 aliphatic carbocycles. The highest BCUT2D eigenvalue weighted by Gasteiger charge is 2.47. The zero-order chi connectivity index (χ0) is 21.6. The van der Waals surface area contributed by atoms with Crippen molar-refractivity contribution in [2.45, 2.75) is 97.3 Å².